The van der Waals surface area contributed by atoms with Gasteiger partial charge in [0, 0.05) is 6.07 Å². The van der Waals surface area contributed by atoms with Gasteiger partial charge < -0.3 is 9.47 Å². The first-order valence-electron chi connectivity index (χ1n) is 5.50. The minimum absolute atomic E-state index is 0.00457. The average Bonchev–Trinajstić information content (AvgIpc) is 2.24. The highest BCUT2D eigenvalue weighted by Gasteiger charge is 2.12. The molecule has 0 atom stereocenters. The summed E-state index contributed by atoms with van der Waals surface area (Å²) in [6.45, 7) is 6.64. The molecule has 0 aromatic heterocycles. The lowest BCUT2D eigenvalue weighted by Crippen LogP contribution is -2.22. The van der Waals surface area contributed by atoms with E-state index in [1.165, 1.54) is 12.1 Å². The van der Waals surface area contributed by atoms with E-state index in [9.17, 15) is 10.1 Å². The van der Waals surface area contributed by atoms with Gasteiger partial charge in [0.2, 0.25) is 0 Å². The molecule has 0 unspecified atom stereocenters. The maximum absolute atomic E-state index is 10.6. The molecule has 0 heterocycles. The van der Waals surface area contributed by atoms with Gasteiger partial charge in [-0.3, -0.25) is 10.1 Å². The van der Waals surface area contributed by atoms with Crippen molar-refractivity contribution in [2.24, 2.45) is 0 Å². The number of nitrogens with zero attached hydrogens (tertiary/aromatic N) is 1. The SMILES string of the molecule is CC(C)(C)OCCOc1cc([N+](=O)[O-])ccc1Br. The third kappa shape index (κ3) is 5.01. The Hall–Kier alpha value is -1.14. The Morgan fingerprint density at radius 1 is 1.33 bits per heavy atom. The van der Waals surface area contributed by atoms with E-state index < -0.39 is 4.92 Å². The molecule has 0 aliphatic rings. The fourth-order valence-electron chi connectivity index (χ4n) is 1.22. The first kappa shape index (κ1) is 14.9. The smallest absolute Gasteiger partial charge is 0.273 e. The van der Waals surface area contributed by atoms with Crippen LogP contribution in [0.25, 0.3) is 0 Å². The standard InChI is InChI=1S/C12H16BrNO4/c1-12(2,3)18-7-6-17-11-8-9(14(15)16)4-5-10(11)13/h4-5,8H,6-7H2,1-3H3. The third-order valence-electron chi connectivity index (χ3n) is 2.00. The van der Waals surface area contributed by atoms with Crippen molar-refractivity contribution in [2.75, 3.05) is 13.2 Å². The van der Waals surface area contributed by atoms with Gasteiger partial charge in [0.15, 0.2) is 0 Å². The average molecular weight is 318 g/mol. The molecule has 0 aliphatic carbocycles. The Labute approximate surface area is 114 Å². The summed E-state index contributed by atoms with van der Waals surface area (Å²) >= 11 is 3.28. The van der Waals surface area contributed by atoms with Gasteiger partial charge in [-0.1, -0.05) is 0 Å². The van der Waals surface area contributed by atoms with E-state index >= 15 is 0 Å². The molecule has 0 bridgehead atoms. The molecule has 6 heteroatoms. The molecule has 0 aliphatic heterocycles. The Bertz CT molecular complexity index is 429. The maximum Gasteiger partial charge on any atom is 0.273 e. The zero-order valence-corrected chi connectivity index (χ0v) is 12.2. The molecule has 0 saturated carbocycles. The Morgan fingerprint density at radius 2 is 2.00 bits per heavy atom. The fourth-order valence-corrected chi connectivity index (χ4v) is 1.58. The highest BCUT2D eigenvalue weighted by atomic mass is 79.9. The van der Waals surface area contributed by atoms with Crippen LogP contribution in [0.5, 0.6) is 5.75 Å². The summed E-state index contributed by atoms with van der Waals surface area (Å²) in [5, 5.41) is 10.6. The van der Waals surface area contributed by atoms with Crippen LogP contribution >= 0.6 is 15.9 Å². The van der Waals surface area contributed by atoms with E-state index in [2.05, 4.69) is 15.9 Å². The van der Waals surface area contributed by atoms with Crippen LogP contribution in [0.1, 0.15) is 20.8 Å². The number of ether oxygens (including phenoxy) is 2. The molecule has 1 rings (SSSR count). The summed E-state index contributed by atoms with van der Waals surface area (Å²) < 4.78 is 11.6. The molecule has 0 spiro atoms. The van der Waals surface area contributed by atoms with Crippen molar-refractivity contribution in [3.8, 4) is 5.75 Å². The second-order valence-corrected chi connectivity index (χ2v) is 5.54. The minimum Gasteiger partial charge on any atom is -0.490 e. The molecule has 0 amide bonds. The van der Waals surface area contributed by atoms with E-state index in [0.717, 1.165) is 0 Å². The van der Waals surface area contributed by atoms with E-state index in [1.54, 1.807) is 6.07 Å². The second-order valence-electron chi connectivity index (χ2n) is 4.68. The molecule has 18 heavy (non-hydrogen) atoms. The highest BCUT2D eigenvalue weighted by molar-refractivity contribution is 9.10. The van der Waals surface area contributed by atoms with E-state index in [4.69, 9.17) is 9.47 Å². The molecule has 100 valence electrons. The highest BCUT2D eigenvalue weighted by Crippen LogP contribution is 2.29. The zero-order valence-electron chi connectivity index (χ0n) is 10.6. The lowest BCUT2D eigenvalue weighted by molar-refractivity contribution is -0.385. The van der Waals surface area contributed by atoms with E-state index in [1.807, 2.05) is 20.8 Å². The molecule has 0 N–H and O–H groups in total. The molecule has 0 radical (unpaired) electrons. The lowest BCUT2D eigenvalue weighted by atomic mass is 10.2. The Kier molecular flexibility index (Phi) is 5.10. The third-order valence-corrected chi connectivity index (χ3v) is 2.66. The summed E-state index contributed by atoms with van der Waals surface area (Å²) in [6, 6.07) is 4.40. The molecule has 1 aromatic rings. The first-order chi connectivity index (χ1) is 8.29. The Balaban J connectivity index is 2.56. The first-order valence-corrected chi connectivity index (χ1v) is 6.29. The largest absolute Gasteiger partial charge is 0.490 e. The van der Waals surface area contributed by atoms with Crippen LogP contribution in [0.2, 0.25) is 0 Å². The number of benzene rings is 1. The normalized spacial score (nSPS) is 11.3. The summed E-state index contributed by atoms with van der Waals surface area (Å²) in [4.78, 5) is 10.2. The molecule has 1 aromatic carbocycles. The van der Waals surface area contributed by atoms with Crippen LogP contribution in [0.3, 0.4) is 0 Å². The van der Waals surface area contributed by atoms with Crippen molar-refractivity contribution in [3.63, 3.8) is 0 Å². The minimum atomic E-state index is -0.453. The molecule has 0 fully saturated rings. The topological polar surface area (TPSA) is 61.6 Å². The van der Waals surface area contributed by atoms with E-state index in [0.29, 0.717) is 23.4 Å². The van der Waals surface area contributed by atoms with Crippen LogP contribution in [0.4, 0.5) is 5.69 Å². The number of nitro benzene ring substituents is 1. The molecule has 5 nitrogen and oxygen atoms in total. The summed E-state index contributed by atoms with van der Waals surface area (Å²) in [5.74, 6) is 0.446. The van der Waals surface area contributed by atoms with Gasteiger partial charge in [-0.05, 0) is 42.8 Å². The van der Waals surface area contributed by atoms with Crippen LogP contribution < -0.4 is 4.74 Å². The second kappa shape index (κ2) is 6.15. The summed E-state index contributed by atoms with van der Waals surface area (Å²) in [7, 11) is 0. The van der Waals surface area contributed by atoms with Crippen LogP contribution in [0.15, 0.2) is 22.7 Å². The van der Waals surface area contributed by atoms with Crippen molar-refractivity contribution in [1.29, 1.82) is 0 Å². The van der Waals surface area contributed by atoms with Crippen LogP contribution in [-0.2, 0) is 4.74 Å². The maximum atomic E-state index is 10.6. The van der Waals surface area contributed by atoms with Gasteiger partial charge in [0.05, 0.1) is 27.7 Å². The molecular weight excluding hydrogens is 302 g/mol. The fraction of sp³-hybridized carbons (Fsp3) is 0.500. The summed E-state index contributed by atoms with van der Waals surface area (Å²) in [5.41, 5.74) is -0.214. The zero-order chi connectivity index (χ0) is 13.8. The number of rotatable bonds is 5. The van der Waals surface area contributed by atoms with Crippen molar-refractivity contribution < 1.29 is 14.4 Å². The van der Waals surface area contributed by atoms with Gasteiger partial charge in [-0.2, -0.15) is 0 Å². The van der Waals surface area contributed by atoms with Crippen molar-refractivity contribution >= 4 is 21.6 Å². The van der Waals surface area contributed by atoms with Gasteiger partial charge in [0.1, 0.15) is 12.4 Å². The van der Waals surface area contributed by atoms with Gasteiger partial charge >= 0.3 is 0 Å². The Morgan fingerprint density at radius 3 is 2.56 bits per heavy atom. The predicted molar refractivity (Wildman–Crippen MR) is 72.0 cm³/mol. The van der Waals surface area contributed by atoms with Crippen molar-refractivity contribution in [3.05, 3.63) is 32.8 Å². The van der Waals surface area contributed by atoms with Crippen molar-refractivity contribution in [2.45, 2.75) is 26.4 Å². The van der Waals surface area contributed by atoms with Crippen molar-refractivity contribution in [1.82, 2.24) is 0 Å². The number of nitro groups is 1. The summed E-state index contributed by atoms with van der Waals surface area (Å²) in [6.07, 6.45) is 0. The van der Waals surface area contributed by atoms with Gasteiger partial charge in [0.25, 0.3) is 5.69 Å². The number of non-ortho nitro benzene ring substituents is 1. The van der Waals surface area contributed by atoms with Gasteiger partial charge in [-0.15, -0.1) is 0 Å². The monoisotopic (exact) mass is 317 g/mol. The van der Waals surface area contributed by atoms with Gasteiger partial charge in [-0.25, -0.2) is 0 Å². The molecule has 0 saturated heterocycles. The number of halogens is 1. The lowest BCUT2D eigenvalue weighted by Gasteiger charge is -2.19. The number of hydrogen-bond donors (Lipinski definition) is 0. The van der Waals surface area contributed by atoms with E-state index in [-0.39, 0.29) is 11.3 Å². The van der Waals surface area contributed by atoms with Crippen LogP contribution in [-0.4, -0.2) is 23.7 Å². The number of hydrogen-bond acceptors (Lipinski definition) is 4. The molecular formula is C12H16BrNO4. The predicted octanol–water partition coefficient (Wildman–Crippen LogP) is 3.55. The van der Waals surface area contributed by atoms with Crippen LogP contribution in [0, 0.1) is 10.1 Å². The quantitative estimate of drug-likeness (QED) is 0.473.